The van der Waals surface area contributed by atoms with E-state index in [1.54, 1.807) is 28.9 Å². The predicted molar refractivity (Wildman–Crippen MR) is 93.7 cm³/mol. The fourth-order valence-electron chi connectivity index (χ4n) is 2.31. The van der Waals surface area contributed by atoms with Crippen molar-refractivity contribution in [3.8, 4) is 0 Å². The highest BCUT2D eigenvalue weighted by atomic mass is 16.5. The molecule has 0 amide bonds. The van der Waals surface area contributed by atoms with Gasteiger partial charge in [0.25, 0.3) is 0 Å². The van der Waals surface area contributed by atoms with Crippen LogP contribution < -0.4 is 5.32 Å². The molecule has 8 heteroatoms. The molecule has 25 heavy (non-hydrogen) atoms. The molecule has 3 aromatic rings. The summed E-state index contributed by atoms with van der Waals surface area (Å²) in [5.41, 5.74) is 2.59. The summed E-state index contributed by atoms with van der Waals surface area (Å²) in [7, 11) is 0. The Balaban J connectivity index is 1.74. The number of fused-ring (bicyclic) bond motifs is 1. The van der Waals surface area contributed by atoms with E-state index in [0.29, 0.717) is 35.7 Å². The molecule has 0 atom stereocenters. The third-order valence-electron chi connectivity index (χ3n) is 3.71. The number of hydrogen-bond donors (Lipinski definition) is 1. The van der Waals surface area contributed by atoms with E-state index < -0.39 is 0 Å². The Morgan fingerprint density at radius 1 is 1.20 bits per heavy atom. The number of nitrogens with zero attached hydrogens (tertiary/aromatic N) is 5. The van der Waals surface area contributed by atoms with Crippen molar-refractivity contribution in [3.63, 3.8) is 0 Å². The van der Waals surface area contributed by atoms with Crippen molar-refractivity contribution in [2.75, 3.05) is 11.9 Å². The van der Waals surface area contributed by atoms with Crippen molar-refractivity contribution in [3.05, 3.63) is 36.2 Å². The standard InChI is InChI=1S/C17H20N6O2/c1-3-5-10-25-17(24)12-6-8-13(9-7-12)20-15-14-16(19-11-18-15)23(4-2)22-21-14/h6-9,11H,3-5,10H2,1-2H3,(H,18,19,20). The van der Waals surface area contributed by atoms with E-state index in [1.807, 2.05) is 6.92 Å². The zero-order chi connectivity index (χ0) is 17.6. The largest absolute Gasteiger partial charge is 0.462 e. The summed E-state index contributed by atoms with van der Waals surface area (Å²) in [5, 5.41) is 11.4. The van der Waals surface area contributed by atoms with Gasteiger partial charge in [0, 0.05) is 12.2 Å². The summed E-state index contributed by atoms with van der Waals surface area (Å²) in [6.07, 6.45) is 3.33. The molecule has 3 rings (SSSR count). The summed E-state index contributed by atoms with van der Waals surface area (Å²) in [6.45, 7) is 5.16. The average molecular weight is 340 g/mol. The van der Waals surface area contributed by atoms with Gasteiger partial charge < -0.3 is 10.1 Å². The lowest BCUT2D eigenvalue weighted by atomic mass is 10.2. The highest BCUT2D eigenvalue weighted by Gasteiger charge is 2.11. The highest BCUT2D eigenvalue weighted by Crippen LogP contribution is 2.21. The number of esters is 1. The molecule has 2 aromatic heterocycles. The molecule has 0 fully saturated rings. The number of aromatic nitrogens is 5. The van der Waals surface area contributed by atoms with Gasteiger partial charge >= 0.3 is 5.97 Å². The summed E-state index contributed by atoms with van der Waals surface area (Å²) in [5.74, 6) is 0.262. The third-order valence-corrected chi connectivity index (χ3v) is 3.71. The van der Waals surface area contributed by atoms with Crippen molar-refractivity contribution in [2.24, 2.45) is 0 Å². The fraction of sp³-hybridized carbons (Fsp3) is 0.353. The Labute approximate surface area is 145 Å². The van der Waals surface area contributed by atoms with Crippen LogP contribution in [0.2, 0.25) is 0 Å². The first-order chi connectivity index (χ1) is 12.2. The predicted octanol–water partition coefficient (Wildman–Crippen LogP) is 2.94. The van der Waals surface area contributed by atoms with Crippen LogP contribution in [-0.4, -0.2) is 37.5 Å². The highest BCUT2D eigenvalue weighted by molar-refractivity contribution is 5.90. The van der Waals surface area contributed by atoms with Gasteiger partial charge in [-0.3, -0.25) is 0 Å². The second-order valence-electron chi connectivity index (χ2n) is 5.49. The number of nitrogens with one attached hydrogen (secondary N) is 1. The monoisotopic (exact) mass is 340 g/mol. The number of ether oxygens (including phenoxy) is 1. The van der Waals surface area contributed by atoms with Crippen molar-refractivity contribution >= 4 is 28.6 Å². The lowest BCUT2D eigenvalue weighted by Gasteiger charge is -2.07. The fourth-order valence-corrected chi connectivity index (χ4v) is 2.31. The van der Waals surface area contributed by atoms with Gasteiger partial charge in [-0.2, -0.15) is 0 Å². The van der Waals surface area contributed by atoms with Crippen LogP contribution in [0.5, 0.6) is 0 Å². The van der Waals surface area contributed by atoms with E-state index in [1.165, 1.54) is 6.33 Å². The van der Waals surface area contributed by atoms with Gasteiger partial charge in [-0.1, -0.05) is 18.6 Å². The maximum absolute atomic E-state index is 11.9. The van der Waals surface area contributed by atoms with Gasteiger partial charge in [0.2, 0.25) is 0 Å². The summed E-state index contributed by atoms with van der Waals surface area (Å²) in [4.78, 5) is 20.4. The number of carbonyl (C=O) groups excluding carboxylic acids is 1. The lowest BCUT2D eigenvalue weighted by molar-refractivity contribution is 0.0500. The van der Waals surface area contributed by atoms with Gasteiger partial charge in [0.1, 0.15) is 6.33 Å². The molecule has 0 saturated carbocycles. The van der Waals surface area contributed by atoms with Crippen LogP contribution in [0.1, 0.15) is 37.0 Å². The molecule has 0 radical (unpaired) electrons. The molecule has 0 unspecified atom stereocenters. The maximum atomic E-state index is 11.9. The minimum absolute atomic E-state index is 0.310. The van der Waals surface area contributed by atoms with Crippen molar-refractivity contribution in [1.29, 1.82) is 0 Å². The molecule has 1 N–H and O–H groups in total. The second kappa shape index (κ2) is 7.69. The Kier molecular flexibility index (Phi) is 5.17. The molecule has 0 aliphatic rings. The van der Waals surface area contributed by atoms with Gasteiger partial charge in [-0.25, -0.2) is 19.4 Å². The number of rotatable bonds is 7. The van der Waals surface area contributed by atoms with Crippen LogP contribution >= 0.6 is 0 Å². The van der Waals surface area contributed by atoms with Crippen molar-refractivity contribution in [1.82, 2.24) is 25.0 Å². The van der Waals surface area contributed by atoms with Crippen LogP contribution in [0.4, 0.5) is 11.5 Å². The smallest absolute Gasteiger partial charge is 0.338 e. The Hall–Kier alpha value is -3.03. The van der Waals surface area contributed by atoms with E-state index >= 15 is 0 Å². The molecular formula is C17H20N6O2. The van der Waals surface area contributed by atoms with Gasteiger partial charge in [-0.15, -0.1) is 5.10 Å². The summed E-state index contributed by atoms with van der Waals surface area (Å²) < 4.78 is 6.90. The van der Waals surface area contributed by atoms with Crippen molar-refractivity contribution in [2.45, 2.75) is 33.2 Å². The zero-order valence-electron chi connectivity index (χ0n) is 14.3. The van der Waals surface area contributed by atoms with E-state index in [9.17, 15) is 4.79 Å². The number of benzene rings is 1. The van der Waals surface area contributed by atoms with Crippen LogP contribution in [0.3, 0.4) is 0 Å². The molecular weight excluding hydrogens is 320 g/mol. The van der Waals surface area contributed by atoms with Crippen LogP contribution in [0, 0.1) is 0 Å². The molecule has 0 aliphatic heterocycles. The van der Waals surface area contributed by atoms with E-state index in [4.69, 9.17) is 4.74 Å². The molecule has 8 nitrogen and oxygen atoms in total. The molecule has 130 valence electrons. The molecule has 2 heterocycles. The lowest BCUT2D eigenvalue weighted by Crippen LogP contribution is -2.06. The number of aryl methyl sites for hydroxylation is 1. The van der Waals surface area contributed by atoms with Gasteiger partial charge in [-0.05, 0) is 37.6 Å². The third kappa shape index (κ3) is 3.73. The Morgan fingerprint density at radius 3 is 2.72 bits per heavy atom. The van der Waals surface area contributed by atoms with Gasteiger partial charge in [0.15, 0.2) is 17.0 Å². The first kappa shape index (κ1) is 16.8. The molecule has 0 aliphatic carbocycles. The number of anilines is 2. The minimum atomic E-state index is -0.310. The first-order valence-electron chi connectivity index (χ1n) is 8.31. The molecule has 1 aromatic carbocycles. The molecule has 0 saturated heterocycles. The second-order valence-corrected chi connectivity index (χ2v) is 5.49. The zero-order valence-corrected chi connectivity index (χ0v) is 14.3. The normalized spacial score (nSPS) is 10.8. The van der Waals surface area contributed by atoms with E-state index in [2.05, 4.69) is 32.5 Å². The van der Waals surface area contributed by atoms with Gasteiger partial charge in [0.05, 0.1) is 12.2 Å². The first-order valence-corrected chi connectivity index (χ1v) is 8.31. The van der Waals surface area contributed by atoms with Crippen molar-refractivity contribution < 1.29 is 9.53 Å². The number of unbranched alkanes of at least 4 members (excludes halogenated alkanes) is 1. The summed E-state index contributed by atoms with van der Waals surface area (Å²) >= 11 is 0. The van der Waals surface area contributed by atoms with Crippen LogP contribution in [0.25, 0.3) is 11.2 Å². The quantitative estimate of drug-likeness (QED) is 0.522. The van der Waals surface area contributed by atoms with Crippen LogP contribution in [-0.2, 0) is 11.3 Å². The average Bonchev–Trinajstić information content (AvgIpc) is 3.07. The summed E-state index contributed by atoms with van der Waals surface area (Å²) in [6, 6.07) is 7.04. The van der Waals surface area contributed by atoms with E-state index in [-0.39, 0.29) is 5.97 Å². The molecule has 0 spiro atoms. The topological polar surface area (TPSA) is 94.8 Å². The molecule has 0 bridgehead atoms. The SMILES string of the molecule is CCCCOC(=O)c1ccc(Nc2ncnc3c2nnn3CC)cc1. The maximum Gasteiger partial charge on any atom is 0.338 e. The van der Waals surface area contributed by atoms with Crippen LogP contribution in [0.15, 0.2) is 30.6 Å². The minimum Gasteiger partial charge on any atom is -0.462 e. The number of hydrogen-bond acceptors (Lipinski definition) is 7. The van der Waals surface area contributed by atoms with E-state index in [0.717, 1.165) is 18.5 Å². The Bertz CT molecular complexity index is 859. The number of carbonyl (C=O) groups is 1. The Morgan fingerprint density at radius 2 is 2.00 bits per heavy atom.